The molecule has 3 rings (SSSR count). The number of nitrogens with zero attached hydrogens (tertiary/aromatic N) is 2. The molecule has 1 unspecified atom stereocenters. The topological polar surface area (TPSA) is 32.8 Å². The number of hydrogen-bond acceptors (Lipinski definition) is 4. The Kier molecular flexibility index (Phi) is 5.67. The lowest BCUT2D eigenvalue weighted by Gasteiger charge is -2.37. The quantitative estimate of drug-likeness (QED) is 0.738. The molecule has 0 amide bonds. The van der Waals surface area contributed by atoms with Crippen LogP contribution >= 0.6 is 0 Å². The van der Waals surface area contributed by atoms with Crippen LogP contribution in [0.5, 0.6) is 0 Å². The summed E-state index contributed by atoms with van der Waals surface area (Å²) in [5.41, 5.74) is 2.50. The zero-order valence-electron chi connectivity index (χ0n) is 16.0. The van der Waals surface area contributed by atoms with E-state index in [9.17, 15) is 4.79 Å². The van der Waals surface area contributed by atoms with Crippen LogP contribution in [0.2, 0.25) is 0 Å². The van der Waals surface area contributed by atoms with Crippen LogP contribution in [0.25, 0.3) is 0 Å². The Labute approximate surface area is 152 Å². The third kappa shape index (κ3) is 3.84. The molecule has 0 radical (unpaired) electrons. The van der Waals surface area contributed by atoms with Crippen LogP contribution in [0.15, 0.2) is 24.3 Å². The summed E-state index contributed by atoms with van der Waals surface area (Å²) in [7, 11) is 0. The third-order valence-electron chi connectivity index (χ3n) is 6.27. The second-order valence-corrected chi connectivity index (χ2v) is 7.62. The molecule has 1 atom stereocenters. The van der Waals surface area contributed by atoms with E-state index in [1.165, 1.54) is 11.3 Å². The number of carbonyl (C=O) groups excluding carboxylic acids is 1. The lowest BCUT2D eigenvalue weighted by atomic mass is 9.79. The molecule has 1 aromatic carbocycles. The SMILES string of the molecule is CCC1(CC)CC(CCN2CCN(c3ccccc3C)CC2)OC1=O. The minimum absolute atomic E-state index is 0.0341. The number of esters is 1. The van der Waals surface area contributed by atoms with Gasteiger partial charge >= 0.3 is 5.97 Å². The van der Waals surface area contributed by atoms with Gasteiger partial charge in [-0.1, -0.05) is 32.0 Å². The van der Waals surface area contributed by atoms with E-state index in [4.69, 9.17) is 4.74 Å². The summed E-state index contributed by atoms with van der Waals surface area (Å²) in [6.07, 6.45) is 3.78. The van der Waals surface area contributed by atoms with Crippen LogP contribution in [0.1, 0.15) is 45.1 Å². The zero-order chi connectivity index (χ0) is 17.9. The molecule has 2 aliphatic rings. The largest absolute Gasteiger partial charge is 0.462 e. The minimum atomic E-state index is -0.214. The van der Waals surface area contributed by atoms with E-state index < -0.39 is 0 Å². The molecule has 0 bridgehead atoms. The molecule has 25 heavy (non-hydrogen) atoms. The van der Waals surface area contributed by atoms with E-state index >= 15 is 0 Å². The molecule has 0 spiro atoms. The van der Waals surface area contributed by atoms with Gasteiger partial charge in [-0.2, -0.15) is 0 Å². The molecule has 0 aromatic heterocycles. The average molecular weight is 344 g/mol. The maximum absolute atomic E-state index is 12.2. The Balaban J connectivity index is 1.46. The van der Waals surface area contributed by atoms with E-state index in [0.717, 1.165) is 58.4 Å². The van der Waals surface area contributed by atoms with Crippen LogP contribution in [0.3, 0.4) is 0 Å². The molecule has 0 N–H and O–H groups in total. The van der Waals surface area contributed by atoms with Crippen LogP contribution in [-0.2, 0) is 9.53 Å². The normalized spacial score (nSPS) is 23.7. The minimum Gasteiger partial charge on any atom is -0.462 e. The van der Waals surface area contributed by atoms with Gasteiger partial charge in [0.25, 0.3) is 0 Å². The van der Waals surface area contributed by atoms with Crippen LogP contribution in [-0.4, -0.2) is 49.7 Å². The van der Waals surface area contributed by atoms with Crippen molar-refractivity contribution in [3.05, 3.63) is 29.8 Å². The molecule has 4 heteroatoms. The molecule has 4 nitrogen and oxygen atoms in total. The Bertz CT molecular complexity index is 589. The number of anilines is 1. The number of benzene rings is 1. The summed E-state index contributed by atoms with van der Waals surface area (Å²) >= 11 is 0. The van der Waals surface area contributed by atoms with Crippen LogP contribution in [0, 0.1) is 12.3 Å². The summed E-state index contributed by atoms with van der Waals surface area (Å²) in [5, 5.41) is 0. The maximum atomic E-state index is 12.2. The Morgan fingerprint density at radius 3 is 2.40 bits per heavy atom. The monoisotopic (exact) mass is 344 g/mol. The second-order valence-electron chi connectivity index (χ2n) is 7.62. The van der Waals surface area contributed by atoms with E-state index in [-0.39, 0.29) is 17.5 Å². The molecule has 1 aromatic rings. The van der Waals surface area contributed by atoms with Gasteiger partial charge in [-0.15, -0.1) is 0 Å². The summed E-state index contributed by atoms with van der Waals surface area (Å²) < 4.78 is 5.68. The van der Waals surface area contributed by atoms with Gasteiger partial charge in [0.2, 0.25) is 0 Å². The van der Waals surface area contributed by atoms with Gasteiger partial charge in [0.15, 0.2) is 0 Å². The molecule has 0 saturated carbocycles. The van der Waals surface area contributed by atoms with Gasteiger partial charge in [-0.3, -0.25) is 9.69 Å². The van der Waals surface area contributed by atoms with Crippen molar-refractivity contribution in [1.29, 1.82) is 0 Å². The predicted octanol–water partition coefficient (Wildman–Crippen LogP) is 3.63. The molecule has 138 valence electrons. The molecular weight excluding hydrogens is 312 g/mol. The molecule has 2 aliphatic heterocycles. The van der Waals surface area contributed by atoms with Crippen molar-refractivity contribution in [1.82, 2.24) is 4.90 Å². The van der Waals surface area contributed by atoms with E-state index in [1.54, 1.807) is 0 Å². The number of carbonyl (C=O) groups is 1. The Morgan fingerprint density at radius 1 is 1.12 bits per heavy atom. The van der Waals surface area contributed by atoms with Crippen molar-refractivity contribution in [2.24, 2.45) is 5.41 Å². The van der Waals surface area contributed by atoms with Gasteiger partial charge in [0.05, 0.1) is 5.41 Å². The number of rotatable bonds is 6. The van der Waals surface area contributed by atoms with Crippen molar-refractivity contribution in [2.45, 2.75) is 52.6 Å². The van der Waals surface area contributed by atoms with Crippen LogP contribution in [0.4, 0.5) is 5.69 Å². The highest BCUT2D eigenvalue weighted by Gasteiger charge is 2.46. The third-order valence-corrected chi connectivity index (χ3v) is 6.27. The lowest BCUT2D eigenvalue weighted by molar-refractivity contribution is -0.149. The number of cyclic esters (lactones) is 1. The average Bonchev–Trinajstić information content (AvgIpc) is 2.97. The van der Waals surface area contributed by atoms with E-state index in [0.29, 0.717) is 0 Å². The standard InChI is InChI=1S/C21H32N2O2/c1-4-21(5-2)16-18(25-20(21)24)10-11-22-12-14-23(15-13-22)19-9-7-6-8-17(19)3/h6-9,18H,4-5,10-16H2,1-3H3. The first-order chi connectivity index (χ1) is 12.1. The lowest BCUT2D eigenvalue weighted by Crippen LogP contribution is -2.47. The fraction of sp³-hybridized carbons (Fsp3) is 0.667. The van der Waals surface area contributed by atoms with Gasteiger partial charge in [-0.25, -0.2) is 0 Å². The highest BCUT2D eigenvalue weighted by atomic mass is 16.6. The fourth-order valence-corrected chi connectivity index (χ4v) is 4.28. The smallest absolute Gasteiger partial charge is 0.312 e. The van der Waals surface area contributed by atoms with Crippen molar-refractivity contribution in [2.75, 3.05) is 37.6 Å². The van der Waals surface area contributed by atoms with Gasteiger partial charge in [-0.05, 0) is 37.8 Å². The summed E-state index contributed by atoms with van der Waals surface area (Å²) in [6, 6.07) is 8.63. The predicted molar refractivity (Wildman–Crippen MR) is 102 cm³/mol. The molecular formula is C21H32N2O2. The first-order valence-electron chi connectivity index (χ1n) is 9.82. The fourth-order valence-electron chi connectivity index (χ4n) is 4.28. The van der Waals surface area contributed by atoms with Gasteiger partial charge in [0, 0.05) is 44.8 Å². The number of ether oxygens (including phenoxy) is 1. The molecule has 2 saturated heterocycles. The maximum Gasteiger partial charge on any atom is 0.312 e. The van der Waals surface area contributed by atoms with Crippen molar-refractivity contribution >= 4 is 11.7 Å². The Hall–Kier alpha value is -1.55. The number of para-hydroxylation sites is 1. The second kappa shape index (κ2) is 7.77. The molecule has 2 heterocycles. The Morgan fingerprint density at radius 2 is 1.80 bits per heavy atom. The van der Waals surface area contributed by atoms with Gasteiger partial charge in [0.1, 0.15) is 6.10 Å². The van der Waals surface area contributed by atoms with Gasteiger partial charge < -0.3 is 9.64 Å². The van der Waals surface area contributed by atoms with Crippen molar-refractivity contribution in [3.63, 3.8) is 0 Å². The van der Waals surface area contributed by atoms with E-state index in [2.05, 4.69) is 54.8 Å². The number of hydrogen-bond donors (Lipinski definition) is 0. The number of aryl methyl sites for hydroxylation is 1. The summed E-state index contributed by atoms with van der Waals surface area (Å²) in [4.78, 5) is 17.2. The van der Waals surface area contributed by atoms with Crippen molar-refractivity contribution < 1.29 is 9.53 Å². The zero-order valence-corrected chi connectivity index (χ0v) is 16.0. The molecule has 0 aliphatic carbocycles. The van der Waals surface area contributed by atoms with Crippen LogP contribution < -0.4 is 4.90 Å². The number of piperazine rings is 1. The highest BCUT2D eigenvalue weighted by molar-refractivity contribution is 5.78. The van der Waals surface area contributed by atoms with E-state index in [1.807, 2.05) is 0 Å². The highest BCUT2D eigenvalue weighted by Crippen LogP contribution is 2.41. The first kappa shape index (κ1) is 18.2. The first-order valence-corrected chi connectivity index (χ1v) is 9.82. The molecule has 2 fully saturated rings. The summed E-state index contributed by atoms with van der Waals surface area (Å²) in [5.74, 6) is 0.0341. The van der Waals surface area contributed by atoms with Crippen molar-refractivity contribution in [3.8, 4) is 0 Å². The summed E-state index contributed by atoms with van der Waals surface area (Å²) in [6.45, 7) is 11.7.